The van der Waals surface area contributed by atoms with Gasteiger partial charge in [-0.2, -0.15) is 0 Å². The van der Waals surface area contributed by atoms with Crippen LogP contribution in [-0.2, 0) is 28.6 Å². The number of unbranched alkanes of at least 4 members (excludes halogenated alkanes) is 15. The van der Waals surface area contributed by atoms with E-state index < -0.39 is 6.10 Å². The lowest BCUT2D eigenvalue weighted by Gasteiger charge is -2.18. The Morgan fingerprint density at radius 3 is 1.06 bits per heavy atom. The van der Waals surface area contributed by atoms with Crippen molar-refractivity contribution in [3.05, 3.63) is 109 Å². The molecule has 0 aromatic carbocycles. The molecule has 0 bridgehead atoms. The van der Waals surface area contributed by atoms with Gasteiger partial charge in [-0.15, -0.1) is 0 Å². The zero-order valence-corrected chi connectivity index (χ0v) is 40.5. The summed E-state index contributed by atoms with van der Waals surface area (Å²) in [6.45, 7) is 6.30. The van der Waals surface area contributed by atoms with Crippen molar-refractivity contribution in [2.45, 2.75) is 219 Å². The molecule has 0 saturated heterocycles. The topological polar surface area (TPSA) is 78.9 Å². The second kappa shape index (κ2) is 50.7. The van der Waals surface area contributed by atoms with Crippen LogP contribution < -0.4 is 0 Å². The molecule has 0 aromatic heterocycles. The van der Waals surface area contributed by atoms with Crippen molar-refractivity contribution < 1.29 is 28.6 Å². The van der Waals surface area contributed by atoms with Crippen LogP contribution in [0.1, 0.15) is 213 Å². The molecule has 0 heterocycles. The summed E-state index contributed by atoms with van der Waals surface area (Å²) in [5, 5.41) is 0. The summed E-state index contributed by atoms with van der Waals surface area (Å²) < 4.78 is 16.7. The normalized spacial score (nSPS) is 13.0. The van der Waals surface area contributed by atoms with Crippen LogP contribution in [0.25, 0.3) is 0 Å². The van der Waals surface area contributed by atoms with Gasteiger partial charge in [0.25, 0.3) is 0 Å². The Morgan fingerprint density at radius 2 is 0.635 bits per heavy atom. The fourth-order valence-corrected chi connectivity index (χ4v) is 6.48. The third kappa shape index (κ3) is 49.0. The molecule has 0 N–H and O–H groups in total. The van der Waals surface area contributed by atoms with Crippen molar-refractivity contribution in [2.24, 2.45) is 0 Å². The van der Waals surface area contributed by atoms with Gasteiger partial charge >= 0.3 is 17.9 Å². The average Bonchev–Trinajstić information content (AvgIpc) is 3.28. The second-order valence-corrected chi connectivity index (χ2v) is 16.3. The van der Waals surface area contributed by atoms with Crippen LogP contribution in [0, 0.1) is 0 Å². The highest BCUT2D eigenvalue weighted by Gasteiger charge is 2.19. The number of ether oxygens (including phenoxy) is 3. The molecule has 0 spiro atoms. The molecule has 0 radical (unpaired) electrons. The van der Waals surface area contributed by atoms with Crippen molar-refractivity contribution in [3.63, 3.8) is 0 Å². The van der Waals surface area contributed by atoms with Crippen molar-refractivity contribution >= 4 is 17.9 Å². The molecule has 0 aliphatic heterocycles. The van der Waals surface area contributed by atoms with E-state index in [9.17, 15) is 14.4 Å². The van der Waals surface area contributed by atoms with Crippen molar-refractivity contribution in [1.82, 2.24) is 0 Å². The third-order valence-corrected chi connectivity index (χ3v) is 10.2. The van der Waals surface area contributed by atoms with Crippen molar-refractivity contribution in [2.75, 3.05) is 13.2 Å². The highest BCUT2D eigenvalue weighted by molar-refractivity contribution is 5.71. The summed E-state index contributed by atoms with van der Waals surface area (Å²) in [7, 11) is 0. The molecule has 1 unspecified atom stereocenters. The van der Waals surface area contributed by atoms with Gasteiger partial charge in [0, 0.05) is 19.3 Å². The maximum Gasteiger partial charge on any atom is 0.306 e. The Bertz CT molecular complexity index is 1330. The Morgan fingerprint density at radius 1 is 0.333 bits per heavy atom. The monoisotopic (exact) mass is 873 g/mol. The zero-order chi connectivity index (χ0) is 45.8. The van der Waals surface area contributed by atoms with E-state index in [0.29, 0.717) is 19.3 Å². The van der Waals surface area contributed by atoms with E-state index >= 15 is 0 Å². The van der Waals surface area contributed by atoms with Crippen LogP contribution in [0.3, 0.4) is 0 Å². The Hall–Kier alpha value is -3.93. The number of rotatable bonds is 44. The minimum atomic E-state index is -0.818. The fraction of sp³-hybridized carbons (Fsp3) is 0.632. The van der Waals surface area contributed by atoms with E-state index in [4.69, 9.17) is 14.2 Å². The molecule has 0 amide bonds. The molecule has 0 rings (SSSR count). The van der Waals surface area contributed by atoms with E-state index in [0.717, 1.165) is 116 Å². The predicted octanol–water partition coefficient (Wildman–Crippen LogP) is 16.8. The molecule has 356 valence electrons. The Labute approximate surface area is 387 Å². The fourth-order valence-electron chi connectivity index (χ4n) is 6.48. The molecule has 0 fully saturated rings. The molecule has 1 atom stereocenters. The minimum absolute atomic E-state index is 0.116. The number of esters is 3. The van der Waals surface area contributed by atoms with Crippen LogP contribution >= 0.6 is 0 Å². The lowest BCUT2D eigenvalue weighted by Crippen LogP contribution is -2.30. The number of carbonyl (C=O) groups excluding carboxylic acids is 3. The number of carbonyl (C=O) groups is 3. The summed E-state index contributed by atoms with van der Waals surface area (Å²) in [4.78, 5) is 37.9. The largest absolute Gasteiger partial charge is 0.462 e. The summed E-state index contributed by atoms with van der Waals surface area (Å²) >= 11 is 0. The first kappa shape index (κ1) is 59.1. The number of allylic oxidation sites excluding steroid dienone is 18. The van der Waals surface area contributed by atoms with Crippen LogP contribution in [-0.4, -0.2) is 37.2 Å². The van der Waals surface area contributed by atoms with Gasteiger partial charge in [-0.1, -0.05) is 188 Å². The van der Waals surface area contributed by atoms with E-state index in [1.54, 1.807) is 0 Å². The van der Waals surface area contributed by atoms with Gasteiger partial charge in [-0.25, -0.2) is 0 Å². The quantitative estimate of drug-likeness (QED) is 0.0263. The van der Waals surface area contributed by atoms with Crippen LogP contribution in [0.2, 0.25) is 0 Å². The molecule has 6 heteroatoms. The van der Waals surface area contributed by atoms with E-state index in [2.05, 4.69) is 130 Å². The van der Waals surface area contributed by atoms with E-state index in [-0.39, 0.29) is 37.5 Å². The predicted molar refractivity (Wildman–Crippen MR) is 270 cm³/mol. The van der Waals surface area contributed by atoms with Crippen LogP contribution in [0.4, 0.5) is 0 Å². The first-order valence-corrected chi connectivity index (χ1v) is 25.4. The zero-order valence-electron chi connectivity index (χ0n) is 40.5. The van der Waals surface area contributed by atoms with Crippen LogP contribution in [0.5, 0.6) is 0 Å². The van der Waals surface area contributed by atoms with Gasteiger partial charge in [-0.3, -0.25) is 14.4 Å². The van der Waals surface area contributed by atoms with Crippen LogP contribution in [0.15, 0.2) is 109 Å². The molecule has 0 saturated carbocycles. The number of hydrogen-bond donors (Lipinski definition) is 0. The first-order chi connectivity index (χ1) is 31.0. The minimum Gasteiger partial charge on any atom is -0.462 e. The molecule has 6 nitrogen and oxygen atoms in total. The van der Waals surface area contributed by atoms with E-state index in [1.165, 1.54) is 51.4 Å². The van der Waals surface area contributed by atoms with Gasteiger partial charge in [0.1, 0.15) is 13.2 Å². The van der Waals surface area contributed by atoms with E-state index in [1.807, 2.05) is 0 Å². The van der Waals surface area contributed by atoms with Crippen molar-refractivity contribution in [1.29, 1.82) is 0 Å². The average molecular weight is 873 g/mol. The lowest BCUT2D eigenvalue weighted by molar-refractivity contribution is -0.167. The molecular formula is C57H92O6. The summed E-state index contributed by atoms with van der Waals surface area (Å²) in [6.07, 6.45) is 67.9. The summed E-state index contributed by atoms with van der Waals surface area (Å²) in [5.41, 5.74) is 0. The molecule has 0 aliphatic rings. The van der Waals surface area contributed by atoms with Gasteiger partial charge in [0.2, 0.25) is 0 Å². The Balaban J connectivity index is 4.54. The molecule has 63 heavy (non-hydrogen) atoms. The maximum atomic E-state index is 12.8. The Kier molecular flexibility index (Phi) is 47.5. The molecule has 0 aliphatic carbocycles. The molecule has 0 aromatic rings. The number of hydrogen-bond acceptors (Lipinski definition) is 6. The first-order valence-electron chi connectivity index (χ1n) is 25.4. The smallest absolute Gasteiger partial charge is 0.306 e. The standard InChI is InChI=1S/C57H92O6/c1-4-7-10-13-16-19-22-25-27-28-30-32-35-38-41-44-47-50-56(59)62-53-54(52-61-55(58)49-46-43-40-37-34-31-24-21-18-15-12-9-6-3)63-57(60)51-48-45-42-39-36-33-29-26-23-20-17-14-11-8-5-2/h7,9-10,12,16,18-19,21,25-27,29-32,34,38,41,54H,4-6,8,11,13-15,17,20,22-24,28,33,35-37,39-40,42-53H2,1-3H3/b10-7-,12-9-,19-16-,21-18-,27-25-,29-26-,32-30-,34-31-,41-38-. The third-order valence-electron chi connectivity index (χ3n) is 10.2. The lowest BCUT2D eigenvalue weighted by atomic mass is 10.1. The van der Waals surface area contributed by atoms with Gasteiger partial charge in [0.05, 0.1) is 0 Å². The maximum absolute atomic E-state index is 12.8. The van der Waals surface area contributed by atoms with Gasteiger partial charge < -0.3 is 14.2 Å². The second-order valence-electron chi connectivity index (χ2n) is 16.3. The molecular weight excluding hydrogens is 781 g/mol. The SMILES string of the molecule is CC/C=C\C/C=C\C/C=C\C/C=C\C/C=C\CCCC(=O)OCC(COC(=O)CCCCC/C=C\C/C=C\C/C=C\CC)OC(=O)CCCCCCC/C=C\CCCCCCCC. The highest BCUT2D eigenvalue weighted by atomic mass is 16.6. The summed E-state index contributed by atoms with van der Waals surface area (Å²) in [6, 6.07) is 0. The highest BCUT2D eigenvalue weighted by Crippen LogP contribution is 2.12. The van der Waals surface area contributed by atoms with Crippen molar-refractivity contribution in [3.8, 4) is 0 Å². The van der Waals surface area contributed by atoms with Gasteiger partial charge in [0.15, 0.2) is 6.10 Å². The summed E-state index contributed by atoms with van der Waals surface area (Å²) in [5.74, 6) is -1.02. The van der Waals surface area contributed by atoms with Gasteiger partial charge in [-0.05, 0) is 116 Å².